The molecule has 2 aromatic carbocycles. The number of thioether (sulfide) groups is 1. The maximum absolute atomic E-state index is 13.2. The Morgan fingerprint density at radius 2 is 2.00 bits per heavy atom. The van der Waals surface area contributed by atoms with Crippen molar-refractivity contribution in [2.75, 3.05) is 11.7 Å². The molecule has 1 N–H and O–H groups in total. The van der Waals surface area contributed by atoms with Crippen LogP contribution >= 0.6 is 23.4 Å². The summed E-state index contributed by atoms with van der Waals surface area (Å²) in [5.74, 6) is -0.0877. The zero-order valence-electron chi connectivity index (χ0n) is 14.1. The first-order valence-corrected chi connectivity index (χ1v) is 9.37. The van der Waals surface area contributed by atoms with Crippen LogP contribution < -0.4 is 5.43 Å². The number of hydrogen-bond acceptors (Lipinski definition) is 6. The Balaban J connectivity index is 1.98. The Morgan fingerprint density at radius 1 is 1.22 bits per heavy atom. The Bertz CT molecular complexity index is 1030. The molecule has 0 saturated carbocycles. The van der Waals surface area contributed by atoms with Crippen molar-refractivity contribution in [2.24, 2.45) is 5.10 Å². The molecule has 1 aromatic heterocycles. The number of hydrogen-bond donors (Lipinski definition) is 1. The van der Waals surface area contributed by atoms with Crippen molar-refractivity contribution in [3.8, 4) is 17.3 Å². The van der Waals surface area contributed by atoms with Crippen molar-refractivity contribution in [3.63, 3.8) is 0 Å². The minimum absolute atomic E-state index is 0.225. The van der Waals surface area contributed by atoms with Crippen molar-refractivity contribution in [2.45, 2.75) is 5.16 Å². The molecule has 0 atom stereocenters. The fraction of sp³-hybridized carbons (Fsp3) is 0.0526. The van der Waals surface area contributed by atoms with Crippen LogP contribution in [0.25, 0.3) is 11.3 Å². The lowest BCUT2D eigenvalue weighted by Gasteiger charge is -2.09. The first kappa shape index (κ1) is 18.8. The number of rotatable bonds is 5. The van der Waals surface area contributed by atoms with E-state index in [9.17, 15) is 9.65 Å². The summed E-state index contributed by atoms with van der Waals surface area (Å²) < 4.78 is 13.2. The van der Waals surface area contributed by atoms with Crippen molar-refractivity contribution in [3.05, 3.63) is 70.5 Å². The van der Waals surface area contributed by atoms with Gasteiger partial charge in [-0.05, 0) is 48.2 Å². The summed E-state index contributed by atoms with van der Waals surface area (Å²) in [6, 6.07) is 15.1. The Hall–Kier alpha value is -2.95. The number of anilines is 1. The number of nitrogens with zero attached hydrogens (tertiary/aromatic N) is 4. The van der Waals surface area contributed by atoms with Crippen molar-refractivity contribution >= 4 is 35.4 Å². The zero-order chi connectivity index (χ0) is 19.2. The van der Waals surface area contributed by atoms with Crippen LogP contribution in [0.2, 0.25) is 5.02 Å². The van der Waals surface area contributed by atoms with E-state index in [1.54, 1.807) is 30.5 Å². The number of hydrazone groups is 1. The van der Waals surface area contributed by atoms with E-state index in [2.05, 4.69) is 26.6 Å². The molecule has 1 heterocycles. The third kappa shape index (κ3) is 4.61. The number of nitrogens with one attached hydrogen (secondary N) is 1. The van der Waals surface area contributed by atoms with Gasteiger partial charge in [-0.15, -0.1) is 0 Å². The van der Waals surface area contributed by atoms with E-state index < -0.39 is 0 Å². The molecule has 3 aromatic rings. The highest BCUT2D eigenvalue weighted by Crippen LogP contribution is 2.28. The molecule has 0 bridgehead atoms. The first-order valence-electron chi connectivity index (χ1n) is 7.77. The number of nitriles is 1. The molecular weight excluding hydrogens is 385 g/mol. The van der Waals surface area contributed by atoms with Gasteiger partial charge in [0.2, 0.25) is 0 Å². The van der Waals surface area contributed by atoms with Crippen LogP contribution in [0.4, 0.5) is 10.2 Å². The van der Waals surface area contributed by atoms with Gasteiger partial charge in [0.15, 0.2) is 11.0 Å². The molecule has 134 valence electrons. The van der Waals surface area contributed by atoms with Crippen molar-refractivity contribution in [1.82, 2.24) is 9.97 Å². The summed E-state index contributed by atoms with van der Waals surface area (Å²) in [4.78, 5) is 8.72. The molecule has 0 aliphatic carbocycles. The largest absolute Gasteiger partial charge is 0.260 e. The molecule has 0 amide bonds. The van der Waals surface area contributed by atoms with E-state index in [1.165, 1.54) is 23.9 Å². The van der Waals surface area contributed by atoms with Gasteiger partial charge in [0, 0.05) is 10.6 Å². The predicted octanol–water partition coefficient (Wildman–Crippen LogP) is 4.98. The van der Waals surface area contributed by atoms with Crippen LogP contribution in [-0.4, -0.2) is 22.4 Å². The zero-order valence-corrected chi connectivity index (χ0v) is 15.7. The van der Waals surface area contributed by atoms with Crippen molar-refractivity contribution < 1.29 is 4.39 Å². The SMILES string of the molecule is CSc1nc(N/N=C/c2cccc(Cl)c2)c(C#N)c(-c2ccc(F)cc2)n1. The molecule has 8 heteroatoms. The molecule has 0 aliphatic heterocycles. The van der Waals surface area contributed by atoms with Gasteiger partial charge in [0.25, 0.3) is 0 Å². The van der Waals surface area contributed by atoms with E-state index in [4.69, 9.17) is 11.6 Å². The summed E-state index contributed by atoms with van der Waals surface area (Å²) in [7, 11) is 0. The molecule has 0 saturated heterocycles. The third-order valence-electron chi connectivity index (χ3n) is 3.53. The highest BCUT2D eigenvalue weighted by Gasteiger charge is 2.15. The smallest absolute Gasteiger partial charge is 0.189 e. The Morgan fingerprint density at radius 3 is 2.67 bits per heavy atom. The van der Waals surface area contributed by atoms with Gasteiger partial charge in [0.05, 0.1) is 11.9 Å². The molecule has 3 rings (SSSR count). The lowest BCUT2D eigenvalue weighted by molar-refractivity contribution is 0.628. The molecular formula is C19H13ClFN5S. The van der Waals surface area contributed by atoms with Crippen LogP contribution in [-0.2, 0) is 0 Å². The standard InChI is InChI=1S/C19H13ClFN5S/c1-27-19-24-17(13-5-7-15(21)8-6-13)16(10-22)18(25-19)26-23-11-12-3-2-4-14(20)9-12/h2-9,11H,1H3,(H,24,25,26)/b23-11+. The van der Waals surface area contributed by atoms with Gasteiger partial charge in [-0.25, -0.2) is 14.4 Å². The third-order valence-corrected chi connectivity index (χ3v) is 4.32. The van der Waals surface area contributed by atoms with E-state index in [0.717, 1.165) is 5.56 Å². The maximum atomic E-state index is 13.2. The van der Waals surface area contributed by atoms with Crippen LogP contribution in [0.15, 0.2) is 58.8 Å². The van der Waals surface area contributed by atoms with Crippen LogP contribution in [0.5, 0.6) is 0 Å². The van der Waals surface area contributed by atoms with E-state index >= 15 is 0 Å². The first-order chi connectivity index (χ1) is 13.1. The maximum Gasteiger partial charge on any atom is 0.189 e. The van der Waals surface area contributed by atoms with E-state index in [-0.39, 0.29) is 17.2 Å². The normalized spacial score (nSPS) is 10.7. The molecule has 27 heavy (non-hydrogen) atoms. The summed E-state index contributed by atoms with van der Waals surface area (Å²) in [6.07, 6.45) is 3.40. The lowest BCUT2D eigenvalue weighted by atomic mass is 10.1. The van der Waals surface area contributed by atoms with Gasteiger partial charge >= 0.3 is 0 Å². The predicted molar refractivity (Wildman–Crippen MR) is 107 cm³/mol. The van der Waals surface area contributed by atoms with Crippen LogP contribution in [0, 0.1) is 17.1 Å². The molecule has 5 nitrogen and oxygen atoms in total. The van der Waals surface area contributed by atoms with Crippen LogP contribution in [0.1, 0.15) is 11.1 Å². The Labute approximate surface area is 164 Å². The minimum atomic E-state index is -0.360. The van der Waals surface area contributed by atoms with E-state index in [1.807, 2.05) is 18.4 Å². The molecule has 0 aliphatic rings. The van der Waals surface area contributed by atoms with Gasteiger partial charge in [-0.2, -0.15) is 10.4 Å². The van der Waals surface area contributed by atoms with Crippen molar-refractivity contribution in [1.29, 1.82) is 5.26 Å². The monoisotopic (exact) mass is 397 g/mol. The second kappa shape index (κ2) is 8.62. The minimum Gasteiger partial charge on any atom is -0.260 e. The second-order valence-corrected chi connectivity index (χ2v) is 6.54. The highest BCUT2D eigenvalue weighted by molar-refractivity contribution is 7.98. The summed E-state index contributed by atoms with van der Waals surface area (Å²) >= 11 is 7.28. The average Bonchev–Trinajstić information content (AvgIpc) is 2.68. The van der Waals surface area contributed by atoms with Gasteiger partial charge in [0.1, 0.15) is 17.4 Å². The average molecular weight is 398 g/mol. The fourth-order valence-corrected chi connectivity index (χ4v) is 2.85. The van der Waals surface area contributed by atoms with Gasteiger partial charge in [-0.3, -0.25) is 5.43 Å². The number of aromatic nitrogens is 2. The van der Waals surface area contributed by atoms with Gasteiger partial charge in [-0.1, -0.05) is 35.5 Å². The van der Waals surface area contributed by atoms with Crippen LogP contribution in [0.3, 0.4) is 0 Å². The fourth-order valence-electron chi connectivity index (χ4n) is 2.29. The second-order valence-electron chi connectivity index (χ2n) is 5.33. The molecule has 0 spiro atoms. The summed E-state index contributed by atoms with van der Waals surface area (Å²) in [5, 5.41) is 14.8. The molecule has 0 unspecified atom stereocenters. The summed E-state index contributed by atoms with van der Waals surface area (Å²) in [6.45, 7) is 0. The molecule has 0 fully saturated rings. The molecule has 0 radical (unpaired) electrons. The lowest BCUT2D eigenvalue weighted by Crippen LogP contribution is -2.03. The summed E-state index contributed by atoms with van der Waals surface area (Å²) in [5.41, 5.74) is 4.85. The number of halogens is 2. The van der Waals surface area contributed by atoms with E-state index in [0.29, 0.717) is 21.4 Å². The number of benzene rings is 2. The quantitative estimate of drug-likeness (QED) is 0.284. The Kier molecular flexibility index (Phi) is 6.01. The topological polar surface area (TPSA) is 74.0 Å². The highest BCUT2D eigenvalue weighted by atomic mass is 35.5. The van der Waals surface area contributed by atoms with Gasteiger partial charge < -0.3 is 0 Å².